The quantitative estimate of drug-likeness (QED) is 0.759. The van der Waals surface area contributed by atoms with Gasteiger partial charge in [-0.25, -0.2) is 4.39 Å². The Balaban J connectivity index is 1.87. The van der Waals surface area contributed by atoms with E-state index in [1.807, 2.05) is 0 Å². The first kappa shape index (κ1) is 11.2. The summed E-state index contributed by atoms with van der Waals surface area (Å²) in [6, 6.07) is 2.88. The molecule has 0 saturated carbocycles. The molecule has 0 spiro atoms. The number of amides is 1. The third kappa shape index (κ3) is 1.74. The van der Waals surface area contributed by atoms with Gasteiger partial charge in [0, 0.05) is 17.7 Å². The highest BCUT2D eigenvalue weighted by Gasteiger charge is 2.36. The van der Waals surface area contributed by atoms with Gasteiger partial charge in [-0.15, -0.1) is 0 Å². The number of hydrogen-bond donors (Lipinski definition) is 2. The number of anilines is 1. The molecule has 0 radical (unpaired) electrons. The molecule has 1 fully saturated rings. The highest BCUT2D eigenvalue weighted by atomic mass is 19.1. The van der Waals surface area contributed by atoms with Gasteiger partial charge < -0.3 is 10.1 Å². The molecule has 5 nitrogen and oxygen atoms in total. The maximum Gasteiger partial charge on any atom is 0.323 e. The minimum atomic E-state index is -0.702. The number of carbonyl (C=O) groups is 2. The highest BCUT2D eigenvalue weighted by Crippen LogP contribution is 2.32. The number of cyclic esters (lactones) is 1. The predicted octanol–water partition coefficient (Wildman–Crippen LogP) is 0.724. The Morgan fingerprint density at radius 3 is 2.94 bits per heavy atom. The van der Waals surface area contributed by atoms with Crippen LogP contribution in [0.1, 0.15) is 18.0 Å². The summed E-state index contributed by atoms with van der Waals surface area (Å²) in [5.74, 6) is -1.06. The summed E-state index contributed by atoms with van der Waals surface area (Å²) >= 11 is 0. The van der Waals surface area contributed by atoms with Gasteiger partial charge in [-0.2, -0.15) is 0 Å². The lowest BCUT2D eigenvalue weighted by Crippen LogP contribution is -2.39. The van der Waals surface area contributed by atoms with Gasteiger partial charge >= 0.3 is 5.97 Å². The van der Waals surface area contributed by atoms with Gasteiger partial charge in [0.15, 0.2) is 0 Å². The average Bonchev–Trinajstić information content (AvgIpc) is 2.86. The Morgan fingerprint density at radius 2 is 2.22 bits per heavy atom. The van der Waals surface area contributed by atoms with Crippen molar-refractivity contribution in [1.29, 1.82) is 0 Å². The van der Waals surface area contributed by atoms with Crippen LogP contribution in [-0.4, -0.2) is 24.5 Å². The van der Waals surface area contributed by atoms with Crippen LogP contribution in [0, 0.1) is 5.82 Å². The minimum Gasteiger partial charge on any atom is -0.464 e. The smallest absolute Gasteiger partial charge is 0.323 e. The second-order valence-corrected chi connectivity index (χ2v) is 4.33. The molecular weight excluding hydrogens is 239 g/mol. The molecule has 2 heterocycles. The maximum absolute atomic E-state index is 13.2. The third-order valence-corrected chi connectivity index (χ3v) is 3.15. The van der Waals surface area contributed by atoms with Crippen molar-refractivity contribution < 1.29 is 18.7 Å². The molecule has 0 aromatic heterocycles. The fraction of sp³-hybridized carbons (Fsp3) is 0.333. The van der Waals surface area contributed by atoms with Crippen LogP contribution in [0.25, 0.3) is 0 Å². The Morgan fingerprint density at radius 1 is 1.39 bits per heavy atom. The number of halogens is 1. The lowest BCUT2D eigenvalue weighted by atomic mass is 10.1. The van der Waals surface area contributed by atoms with Gasteiger partial charge in [-0.1, -0.05) is 0 Å². The van der Waals surface area contributed by atoms with Crippen LogP contribution < -0.4 is 10.6 Å². The van der Waals surface area contributed by atoms with Crippen molar-refractivity contribution >= 4 is 17.6 Å². The zero-order valence-corrected chi connectivity index (χ0v) is 9.40. The second-order valence-electron chi connectivity index (χ2n) is 4.33. The van der Waals surface area contributed by atoms with Crippen LogP contribution in [0.2, 0.25) is 0 Å². The van der Waals surface area contributed by atoms with E-state index >= 15 is 0 Å². The molecule has 2 aliphatic rings. The molecule has 2 atom stereocenters. The Bertz CT molecular complexity index is 532. The Labute approximate surface area is 102 Å². The molecule has 2 N–H and O–H groups in total. The van der Waals surface area contributed by atoms with Gasteiger partial charge in [0.25, 0.3) is 0 Å². The minimum absolute atomic E-state index is 0.282. The van der Waals surface area contributed by atoms with Crippen molar-refractivity contribution in [2.75, 3.05) is 11.9 Å². The molecule has 2 aliphatic heterocycles. The van der Waals surface area contributed by atoms with E-state index in [1.165, 1.54) is 18.2 Å². The van der Waals surface area contributed by atoms with E-state index in [-0.39, 0.29) is 11.9 Å². The van der Waals surface area contributed by atoms with Crippen LogP contribution in [0.15, 0.2) is 18.2 Å². The number of carbonyl (C=O) groups excluding carboxylic acids is 2. The molecule has 2 unspecified atom stereocenters. The summed E-state index contributed by atoms with van der Waals surface area (Å²) in [6.07, 6.45) is 0.521. The normalized spacial score (nSPS) is 25.8. The number of esters is 1. The standard InChI is InChI=1S/C12H11FN2O3/c13-6-1-2-8-7(5-6)10(11(16)15-8)14-9-3-4-18-12(9)17/h1-2,5,9-10,14H,3-4H2,(H,15,16). The lowest BCUT2D eigenvalue weighted by molar-refractivity contribution is -0.139. The fourth-order valence-corrected chi connectivity index (χ4v) is 2.25. The summed E-state index contributed by atoms with van der Waals surface area (Å²) in [5.41, 5.74) is 1.10. The molecule has 94 valence electrons. The second kappa shape index (κ2) is 4.06. The van der Waals surface area contributed by atoms with Crippen LogP contribution in [0.5, 0.6) is 0 Å². The van der Waals surface area contributed by atoms with Gasteiger partial charge in [0.05, 0.1) is 6.61 Å². The fourth-order valence-electron chi connectivity index (χ4n) is 2.25. The van der Waals surface area contributed by atoms with Crippen LogP contribution >= 0.6 is 0 Å². The number of ether oxygens (including phenoxy) is 1. The monoisotopic (exact) mass is 250 g/mol. The first-order chi connectivity index (χ1) is 8.65. The first-order valence-corrected chi connectivity index (χ1v) is 5.68. The topological polar surface area (TPSA) is 67.4 Å². The van der Waals surface area contributed by atoms with Gasteiger partial charge in [-0.3, -0.25) is 14.9 Å². The highest BCUT2D eigenvalue weighted by molar-refractivity contribution is 6.02. The molecule has 0 aliphatic carbocycles. The zero-order chi connectivity index (χ0) is 12.7. The van der Waals surface area contributed by atoms with Crippen LogP contribution in [-0.2, 0) is 14.3 Å². The molecular formula is C12H11FN2O3. The molecule has 1 saturated heterocycles. The molecule has 1 aromatic rings. The summed E-state index contributed by atoms with van der Waals surface area (Å²) in [6.45, 7) is 0.348. The van der Waals surface area contributed by atoms with Crippen molar-refractivity contribution in [3.8, 4) is 0 Å². The van der Waals surface area contributed by atoms with Crippen molar-refractivity contribution in [1.82, 2.24) is 5.32 Å². The molecule has 1 aromatic carbocycles. The first-order valence-electron chi connectivity index (χ1n) is 5.68. The van der Waals surface area contributed by atoms with Gasteiger partial charge in [-0.05, 0) is 18.2 Å². The number of benzene rings is 1. The van der Waals surface area contributed by atoms with E-state index < -0.39 is 17.9 Å². The predicted molar refractivity (Wildman–Crippen MR) is 60.3 cm³/mol. The number of rotatable bonds is 2. The zero-order valence-electron chi connectivity index (χ0n) is 9.40. The third-order valence-electron chi connectivity index (χ3n) is 3.15. The van der Waals surface area contributed by atoms with Crippen molar-refractivity contribution in [2.45, 2.75) is 18.5 Å². The largest absolute Gasteiger partial charge is 0.464 e. The van der Waals surface area contributed by atoms with Gasteiger partial charge in [0.2, 0.25) is 5.91 Å². The summed E-state index contributed by atoms with van der Waals surface area (Å²) in [4.78, 5) is 23.1. The van der Waals surface area contributed by atoms with Crippen molar-refractivity contribution in [3.05, 3.63) is 29.6 Å². The SMILES string of the molecule is O=C1OCCC1NC1C(=O)Nc2ccc(F)cc21. The van der Waals surface area contributed by atoms with E-state index in [0.717, 1.165) is 0 Å². The maximum atomic E-state index is 13.2. The number of fused-ring (bicyclic) bond motifs is 1. The molecule has 6 heteroatoms. The number of hydrogen-bond acceptors (Lipinski definition) is 4. The Hall–Kier alpha value is -1.95. The van der Waals surface area contributed by atoms with Crippen LogP contribution in [0.3, 0.4) is 0 Å². The van der Waals surface area contributed by atoms with E-state index in [0.29, 0.717) is 24.3 Å². The molecule has 1 amide bonds. The molecule has 18 heavy (non-hydrogen) atoms. The lowest BCUT2D eigenvalue weighted by Gasteiger charge is -2.14. The average molecular weight is 250 g/mol. The summed E-state index contributed by atoms with van der Waals surface area (Å²) in [5, 5.41) is 5.55. The van der Waals surface area contributed by atoms with Crippen molar-refractivity contribution in [2.24, 2.45) is 0 Å². The molecule has 3 rings (SSSR count). The van der Waals surface area contributed by atoms with E-state index in [1.54, 1.807) is 0 Å². The van der Waals surface area contributed by atoms with Crippen molar-refractivity contribution in [3.63, 3.8) is 0 Å². The van der Waals surface area contributed by atoms with E-state index in [2.05, 4.69) is 10.6 Å². The molecule has 0 bridgehead atoms. The number of nitrogens with one attached hydrogen (secondary N) is 2. The van der Waals surface area contributed by atoms with Crippen LogP contribution in [0.4, 0.5) is 10.1 Å². The van der Waals surface area contributed by atoms with E-state index in [4.69, 9.17) is 4.74 Å². The van der Waals surface area contributed by atoms with E-state index in [9.17, 15) is 14.0 Å². The summed E-state index contributed by atoms with van der Waals surface area (Å²) < 4.78 is 18.0. The summed E-state index contributed by atoms with van der Waals surface area (Å²) in [7, 11) is 0. The van der Waals surface area contributed by atoms with Gasteiger partial charge in [0.1, 0.15) is 17.9 Å². The Kier molecular flexibility index (Phi) is 2.52.